The Kier molecular flexibility index (Phi) is 6.98. The molecule has 0 saturated heterocycles. The highest BCUT2D eigenvalue weighted by Crippen LogP contribution is 2.51. The minimum atomic E-state index is 1.15. The molecule has 0 heterocycles. The van der Waals surface area contributed by atoms with Crippen molar-refractivity contribution < 1.29 is 0 Å². The zero-order chi connectivity index (χ0) is 32.2. The third-order valence-corrected chi connectivity index (χ3v) is 10.5. The molecule has 1 aliphatic carbocycles. The first-order valence-electron chi connectivity index (χ1n) is 17.5. The molecule has 0 radical (unpaired) electrons. The van der Waals surface area contributed by atoms with E-state index in [0.717, 1.165) is 12.8 Å². The number of aryl methyl sites for hydroxylation is 2. The Morgan fingerprint density at radius 3 is 1.56 bits per heavy atom. The minimum Gasteiger partial charge on any atom is -0.0651 e. The van der Waals surface area contributed by atoms with Crippen molar-refractivity contribution in [2.45, 2.75) is 39.5 Å². The summed E-state index contributed by atoms with van der Waals surface area (Å²) < 4.78 is 0. The van der Waals surface area contributed by atoms with Crippen molar-refractivity contribution in [2.75, 3.05) is 0 Å². The Balaban J connectivity index is 1.10. The van der Waals surface area contributed by atoms with E-state index in [1.54, 1.807) is 0 Å². The predicted octanol–water partition coefficient (Wildman–Crippen LogP) is 13.7. The van der Waals surface area contributed by atoms with Gasteiger partial charge in [-0.15, -0.1) is 0 Å². The van der Waals surface area contributed by atoms with Crippen molar-refractivity contribution in [3.05, 3.63) is 157 Å². The summed E-state index contributed by atoms with van der Waals surface area (Å²) in [7, 11) is 0. The van der Waals surface area contributed by atoms with E-state index in [1.165, 1.54) is 112 Å². The minimum absolute atomic E-state index is 1.15. The number of benzene rings is 8. The Morgan fingerprint density at radius 2 is 0.854 bits per heavy atom. The third-order valence-electron chi connectivity index (χ3n) is 10.5. The van der Waals surface area contributed by atoms with Crippen LogP contribution in [0.1, 0.15) is 37.8 Å². The number of rotatable bonds is 7. The molecule has 1 aliphatic rings. The lowest BCUT2D eigenvalue weighted by molar-refractivity contribution is 0.862. The van der Waals surface area contributed by atoms with E-state index in [0.29, 0.717) is 0 Å². The topological polar surface area (TPSA) is 0 Å². The molecule has 9 rings (SSSR count). The number of fused-ring (bicyclic) bond motifs is 5. The van der Waals surface area contributed by atoms with Gasteiger partial charge in [0.15, 0.2) is 0 Å². The maximum atomic E-state index is 2.51. The molecule has 0 N–H and O–H groups in total. The number of hydrogen-bond acceptors (Lipinski definition) is 0. The van der Waals surface area contributed by atoms with E-state index in [4.69, 9.17) is 0 Å². The molecule has 0 atom stereocenters. The van der Waals surface area contributed by atoms with Gasteiger partial charge in [-0.1, -0.05) is 160 Å². The molecule has 0 saturated carbocycles. The Bertz CT molecular complexity index is 2470. The lowest BCUT2D eigenvalue weighted by Crippen LogP contribution is -1.95. The summed E-state index contributed by atoms with van der Waals surface area (Å²) in [6, 6.07) is 54.7. The van der Waals surface area contributed by atoms with Gasteiger partial charge in [0, 0.05) is 0 Å². The molecule has 0 fully saturated rings. The van der Waals surface area contributed by atoms with E-state index in [2.05, 4.69) is 159 Å². The number of hydrogen-bond donors (Lipinski definition) is 0. The quantitative estimate of drug-likeness (QED) is 0.168. The van der Waals surface area contributed by atoms with Crippen LogP contribution in [0.3, 0.4) is 0 Å². The van der Waals surface area contributed by atoms with Crippen molar-refractivity contribution in [1.29, 1.82) is 0 Å². The lowest BCUT2D eigenvalue weighted by Gasteiger charge is -2.13. The Hall–Kier alpha value is -5.46. The first-order chi connectivity index (χ1) is 23.7. The molecule has 0 heteroatoms. The van der Waals surface area contributed by atoms with Crippen LogP contribution in [-0.4, -0.2) is 0 Å². The molecule has 230 valence electrons. The van der Waals surface area contributed by atoms with E-state index in [1.807, 2.05) is 0 Å². The van der Waals surface area contributed by atoms with Crippen LogP contribution in [0.15, 0.2) is 146 Å². The largest absolute Gasteiger partial charge is 0.0651 e. The van der Waals surface area contributed by atoms with Crippen LogP contribution < -0.4 is 0 Å². The standard InChI is InChI=1S/C48H38/c1-3-9-34-29-46-44-16-8-15-43-42(25-26-45(48(43)44)47(46)30-35(34)10-4-2)41-14-7-13-39-28-38(23-24-40(39)41)33-19-17-32(18-20-33)37-22-21-31-11-5-6-12-36(31)27-37/h5-8,11-30H,3-4,9-10H2,1-2H3. The van der Waals surface area contributed by atoms with Crippen LogP contribution in [-0.2, 0) is 12.8 Å². The fourth-order valence-corrected chi connectivity index (χ4v) is 8.15. The lowest BCUT2D eigenvalue weighted by atomic mass is 9.90. The second kappa shape index (κ2) is 11.7. The smallest absolute Gasteiger partial charge is 0.00201 e. The van der Waals surface area contributed by atoms with Gasteiger partial charge in [-0.2, -0.15) is 0 Å². The van der Waals surface area contributed by atoms with Gasteiger partial charge in [-0.25, -0.2) is 0 Å². The monoisotopic (exact) mass is 614 g/mol. The van der Waals surface area contributed by atoms with Crippen LogP contribution in [0, 0.1) is 0 Å². The highest BCUT2D eigenvalue weighted by molar-refractivity contribution is 6.20. The first-order valence-corrected chi connectivity index (χ1v) is 17.5. The SMILES string of the molecule is CCCc1cc2c(cc1CCC)-c1ccc(-c3cccc4cc(-c5ccc(-c6ccc7ccccc7c6)cc5)ccc34)c3cccc-2c13. The molecule has 8 aromatic carbocycles. The molecule has 48 heavy (non-hydrogen) atoms. The fraction of sp³-hybridized carbons (Fsp3) is 0.125. The summed E-state index contributed by atoms with van der Waals surface area (Å²) in [4.78, 5) is 0. The van der Waals surface area contributed by atoms with Crippen LogP contribution in [0.2, 0.25) is 0 Å². The summed E-state index contributed by atoms with van der Waals surface area (Å²) in [5.41, 5.74) is 16.2. The van der Waals surface area contributed by atoms with E-state index >= 15 is 0 Å². The van der Waals surface area contributed by atoms with Crippen LogP contribution in [0.5, 0.6) is 0 Å². The van der Waals surface area contributed by atoms with Gasteiger partial charge in [-0.05, 0) is 124 Å². The third kappa shape index (κ3) is 4.67. The van der Waals surface area contributed by atoms with Crippen molar-refractivity contribution >= 4 is 32.3 Å². The van der Waals surface area contributed by atoms with Gasteiger partial charge in [0.1, 0.15) is 0 Å². The van der Waals surface area contributed by atoms with E-state index < -0.39 is 0 Å². The molecule has 0 nitrogen and oxygen atoms in total. The normalized spacial score (nSPS) is 11.9. The van der Waals surface area contributed by atoms with Crippen molar-refractivity contribution in [2.24, 2.45) is 0 Å². The summed E-state index contributed by atoms with van der Waals surface area (Å²) in [6.45, 7) is 4.58. The van der Waals surface area contributed by atoms with Crippen molar-refractivity contribution in [3.63, 3.8) is 0 Å². The second-order valence-corrected chi connectivity index (χ2v) is 13.4. The zero-order valence-corrected chi connectivity index (χ0v) is 27.7. The van der Waals surface area contributed by atoms with E-state index in [9.17, 15) is 0 Å². The highest BCUT2D eigenvalue weighted by Gasteiger charge is 2.24. The van der Waals surface area contributed by atoms with Gasteiger partial charge in [-0.3, -0.25) is 0 Å². The van der Waals surface area contributed by atoms with Crippen LogP contribution >= 0.6 is 0 Å². The maximum absolute atomic E-state index is 2.51. The average molecular weight is 615 g/mol. The molecule has 8 aromatic rings. The second-order valence-electron chi connectivity index (χ2n) is 13.4. The molecular formula is C48H38. The molecule has 0 aliphatic heterocycles. The van der Waals surface area contributed by atoms with Gasteiger partial charge in [0.2, 0.25) is 0 Å². The molecule has 0 bridgehead atoms. The Morgan fingerprint density at radius 1 is 0.333 bits per heavy atom. The molecule has 0 aromatic heterocycles. The first kappa shape index (κ1) is 28.7. The molecule has 0 amide bonds. The Labute approximate surface area is 283 Å². The van der Waals surface area contributed by atoms with Gasteiger partial charge in [0.25, 0.3) is 0 Å². The highest BCUT2D eigenvalue weighted by atomic mass is 14.3. The van der Waals surface area contributed by atoms with E-state index in [-0.39, 0.29) is 0 Å². The predicted molar refractivity (Wildman–Crippen MR) is 208 cm³/mol. The molecule has 0 unspecified atom stereocenters. The van der Waals surface area contributed by atoms with Gasteiger partial charge in [0.05, 0.1) is 0 Å². The molecule has 0 spiro atoms. The van der Waals surface area contributed by atoms with Crippen LogP contribution in [0.4, 0.5) is 0 Å². The summed E-state index contributed by atoms with van der Waals surface area (Å²) in [6.07, 6.45) is 4.64. The van der Waals surface area contributed by atoms with Crippen LogP contribution in [0.25, 0.3) is 88.0 Å². The summed E-state index contributed by atoms with van der Waals surface area (Å²) in [5.74, 6) is 0. The fourth-order valence-electron chi connectivity index (χ4n) is 8.15. The van der Waals surface area contributed by atoms with Crippen molar-refractivity contribution in [1.82, 2.24) is 0 Å². The van der Waals surface area contributed by atoms with Gasteiger partial charge >= 0.3 is 0 Å². The van der Waals surface area contributed by atoms with Gasteiger partial charge < -0.3 is 0 Å². The van der Waals surface area contributed by atoms with Crippen molar-refractivity contribution in [3.8, 4) is 55.6 Å². The average Bonchev–Trinajstić information content (AvgIpc) is 3.45. The maximum Gasteiger partial charge on any atom is -0.00201 e. The summed E-state index contributed by atoms with van der Waals surface area (Å²) in [5, 5.41) is 7.86. The zero-order valence-electron chi connectivity index (χ0n) is 27.7. The summed E-state index contributed by atoms with van der Waals surface area (Å²) >= 11 is 0. The molecular weight excluding hydrogens is 577 g/mol.